The summed E-state index contributed by atoms with van der Waals surface area (Å²) < 4.78 is 19.4. The fraction of sp³-hybridized carbons (Fsp3) is 0.231. The molecule has 7 nitrogen and oxygen atoms in total. The first-order valence-corrected chi connectivity index (χ1v) is 11.1. The van der Waals surface area contributed by atoms with Crippen molar-refractivity contribution in [3.63, 3.8) is 0 Å². The van der Waals surface area contributed by atoms with Gasteiger partial charge in [-0.15, -0.1) is 0 Å². The summed E-state index contributed by atoms with van der Waals surface area (Å²) in [5.74, 6) is -1.17. The fourth-order valence-corrected chi connectivity index (χ4v) is 4.66. The van der Waals surface area contributed by atoms with Crippen molar-refractivity contribution in [2.75, 3.05) is 20.2 Å². The number of nitrogens with two attached hydrogens (primary N) is 1. The molecule has 3 aromatic carbocycles. The molecule has 0 unspecified atom stereocenters. The van der Waals surface area contributed by atoms with Crippen LogP contribution in [0.25, 0.3) is 32.9 Å². The Morgan fingerprint density at radius 2 is 1.94 bits per heavy atom. The van der Waals surface area contributed by atoms with Crippen LogP contribution in [0.2, 0.25) is 0 Å². The van der Waals surface area contributed by atoms with Crippen LogP contribution in [0, 0.1) is 5.82 Å². The number of aromatic nitrogens is 1. The van der Waals surface area contributed by atoms with E-state index in [1.54, 1.807) is 35.2 Å². The lowest BCUT2D eigenvalue weighted by molar-refractivity contribution is 0.0474. The van der Waals surface area contributed by atoms with E-state index in [-0.39, 0.29) is 17.2 Å². The molecule has 1 atom stereocenters. The van der Waals surface area contributed by atoms with Gasteiger partial charge in [-0.05, 0) is 66.4 Å². The van der Waals surface area contributed by atoms with Gasteiger partial charge in [-0.2, -0.15) is 0 Å². The SMILES string of the molecule is COc1ccc(-c2cc(C(N)=O)c3[nH]c4ccc(C(=O)N5CCC[C@@H](O)C5)cc4c3c2)cc1F. The number of nitrogens with zero attached hydrogens (tertiary/aromatic N) is 1. The van der Waals surface area contributed by atoms with E-state index in [1.807, 2.05) is 6.07 Å². The summed E-state index contributed by atoms with van der Waals surface area (Å²) in [5, 5.41) is 11.4. The Morgan fingerprint density at radius 1 is 1.12 bits per heavy atom. The molecule has 4 aromatic rings. The van der Waals surface area contributed by atoms with E-state index < -0.39 is 17.8 Å². The number of aromatic amines is 1. The molecular formula is C26H24FN3O4. The number of benzene rings is 3. The molecule has 0 aliphatic carbocycles. The van der Waals surface area contributed by atoms with Crippen LogP contribution in [0.1, 0.15) is 33.6 Å². The van der Waals surface area contributed by atoms with Crippen molar-refractivity contribution in [3.05, 3.63) is 65.5 Å². The van der Waals surface area contributed by atoms with E-state index in [1.165, 1.54) is 19.2 Å². The third-order valence-corrected chi connectivity index (χ3v) is 6.39. The summed E-state index contributed by atoms with van der Waals surface area (Å²) in [6, 6.07) is 13.3. The van der Waals surface area contributed by atoms with Gasteiger partial charge in [0.15, 0.2) is 11.6 Å². The Balaban J connectivity index is 1.66. The summed E-state index contributed by atoms with van der Waals surface area (Å²) in [5.41, 5.74) is 8.90. The van der Waals surface area contributed by atoms with Gasteiger partial charge in [0.2, 0.25) is 0 Å². The number of amides is 2. The number of hydrogen-bond acceptors (Lipinski definition) is 4. The van der Waals surface area contributed by atoms with E-state index in [0.29, 0.717) is 47.1 Å². The molecular weight excluding hydrogens is 437 g/mol. The maximum atomic E-state index is 14.4. The molecule has 34 heavy (non-hydrogen) atoms. The summed E-state index contributed by atoms with van der Waals surface area (Å²) in [4.78, 5) is 30.3. The van der Waals surface area contributed by atoms with Crippen LogP contribution in [-0.2, 0) is 0 Å². The highest BCUT2D eigenvalue weighted by Gasteiger charge is 2.24. The zero-order valence-corrected chi connectivity index (χ0v) is 18.6. The number of carbonyl (C=O) groups excluding carboxylic acids is 2. The number of carbonyl (C=O) groups is 2. The van der Waals surface area contributed by atoms with Gasteiger partial charge < -0.3 is 25.5 Å². The van der Waals surface area contributed by atoms with E-state index >= 15 is 0 Å². The molecule has 1 fully saturated rings. The number of halogens is 1. The minimum atomic E-state index is -0.619. The van der Waals surface area contributed by atoms with Gasteiger partial charge in [-0.25, -0.2) is 4.39 Å². The Hall–Kier alpha value is -3.91. The smallest absolute Gasteiger partial charge is 0.253 e. The normalized spacial score (nSPS) is 16.2. The number of aliphatic hydroxyl groups is 1. The number of fused-ring (bicyclic) bond motifs is 3. The molecule has 1 aliphatic heterocycles. The number of nitrogens with one attached hydrogen (secondary N) is 1. The van der Waals surface area contributed by atoms with Crippen molar-refractivity contribution in [1.29, 1.82) is 0 Å². The standard InChI is InChI=1S/C26H24FN3O4/c1-34-23-7-5-14(12-21(23)27)16-10-19-18-9-15(26(33)30-8-2-3-17(31)13-30)4-6-22(18)29-24(19)20(11-16)25(28)32/h4-7,9-12,17,29,31H,2-3,8,13H2,1H3,(H2,28,32)/t17-/m1/s1. The van der Waals surface area contributed by atoms with Crippen LogP contribution in [0.15, 0.2) is 48.5 Å². The molecule has 4 N–H and O–H groups in total. The van der Waals surface area contributed by atoms with Crippen molar-refractivity contribution >= 4 is 33.6 Å². The number of primary amides is 1. The quantitative estimate of drug-likeness (QED) is 0.429. The first-order valence-electron chi connectivity index (χ1n) is 11.1. The zero-order chi connectivity index (χ0) is 24.0. The molecule has 2 heterocycles. The number of rotatable bonds is 4. The topological polar surface area (TPSA) is 109 Å². The third kappa shape index (κ3) is 3.76. The maximum Gasteiger partial charge on any atom is 0.253 e. The lowest BCUT2D eigenvalue weighted by Gasteiger charge is -2.30. The molecule has 174 valence electrons. The van der Waals surface area contributed by atoms with Crippen molar-refractivity contribution < 1.29 is 23.8 Å². The Bertz CT molecular complexity index is 1450. The highest BCUT2D eigenvalue weighted by atomic mass is 19.1. The van der Waals surface area contributed by atoms with E-state index in [4.69, 9.17) is 10.5 Å². The summed E-state index contributed by atoms with van der Waals surface area (Å²) >= 11 is 0. The van der Waals surface area contributed by atoms with E-state index in [9.17, 15) is 19.1 Å². The van der Waals surface area contributed by atoms with Crippen LogP contribution in [-0.4, -0.2) is 53.1 Å². The van der Waals surface area contributed by atoms with Gasteiger partial charge in [-0.1, -0.05) is 6.07 Å². The molecule has 0 bridgehead atoms. The summed E-state index contributed by atoms with van der Waals surface area (Å²) in [7, 11) is 1.39. The highest BCUT2D eigenvalue weighted by Crippen LogP contribution is 2.34. The average molecular weight is 461 g/mol. The van der Waals surface area contributed by atoms with Crippen LogP contribution in [0.3, 0.4) is 0 Å². The van der Waals surface area contributed by atoms with Gasteiger partial charge in [0, 0.05) is 34.9 Å². The number of piperidine rings is 1. The minimum Gasteiger partial charge on any atom is -0.494 e. The molecule has 2 amide bonds. The second kappa shape index (κ2) is 8.46. The summed E-state index contributed by atoms with van der Waals surface area (Å²) in [6.45, 7) is 0.907. The predicted molar refractivity (Wildman–Crippen MR) is 127 cm³/mol. The predicted octanol–water partition coefficient (Wildman–Crippen LogP) is 3.83. The molecule has 1 aromatic heterocycles. The number of likely N-dealkylation sites (tertiary alicyclic amines) is 1. The molecule has 0 saturated carbocycles. The van der Waals surface area contributed by atoms with Crippen molar-refractivity contribution in [3.8, 4) is 16.9 Å². The Kier molecular flexibility index (Phi) is 5.45. The van der Waals surface area contributed by atoms with Gasteiger partial charge in [-0.3, -0.25) is 9.59 Å². The Labute approximate surface area is 194 Å². The molecule has 1 saturated heterocycles. The van der Waals surface area contributed by atoms with E-state index in [2.05, 4.69) is 4.98 Å². The molecule has 8 heteroatoms. The fourth-order valence-electron chi connectivity index (χ4n) is 4.66. The molecule has 0 spiro atoms. The van der Waals surface area contributed by atoms with Gasteiger partial charge in [0.1, 0.15) is 0 Å². The second-order valence-electron chi connectivity index (χ2n) is 8.59. The van der Waals surface area contributed by atoms with Crippen LogP contribution < -0.4 is 10.5 Å². The first kappa shape index (κ1) is 21.9. The van der Waals surface area contributed by atoms with E-state index in [0.717, 1.165) is 17.3 Å². The Morgan fingerprint density at radius 3 is 2.65 bits per heavy atom. The van der Waals surface area contributed by atoms with Crippen molar-refractivity contribution in [1.82, 2.24) is 9.88 Å². The number of hydrogen-bond donors (Lipinski definition) is 3. The average Bonchev–Trinajstić information content (AvgIpc) is 3.20. The van der Waals surface area contributed by atoms with Crippen LogP contribution >= 0.6 is 0 Å². The molecule has 5 rings (SSSR count). The first-order chi connectivity index (χ1) is 16.4. The van der Waals surface area contributed by atoms with Crippen LogP contribution in [0.5, 0.6) is 5.75 Å². The largest absolute Gasteiger partial charge is 0.494 e. The number of aliphatic hydroxyl groups excluding tert-OH is 1. The number of methoxy groups -OCH3 is 1. The van der Waals surface area contributed by atoms with Gasteiger partial charge >= 0.3 is 0 Å². The van der Waals surface area contributed by atoms with Gasteiger partial charge in [0.25, 0.3) is 11.8 Å². The van der Waals surface area contributed by atoms with Gasteiger partial charge in [0.05, 0.1) is 24.3 Å². The minimum absolute atomic E-state index is 0.123. The molecule has 1 aliphatic rings. The highest BCUT2D eigenvalue weighted by molar-refractivity contribution is 6.17. The van der Waals surface area contributed by atoms with Crippen molar-refractivity contribution in [2.24, 2.45) is 5.73 Å². The maximum absolute atomic E-state index is 14.4. The lowest BCUT2D eigenvalue weighted by Crippen LogP contribution is -2.42. The number of H-pyrrole nitrogens is 1. The third-order valence-electron chi connectivity index (χ3n) is 6.39. The lowest BCUT2D eigenvalue weighted by atomic mass is 9.98. The molecule has 0 radical (unpaired) electrons. The van der Waals surface area contributed by atoms with Crippen molar-refractivity contribution in [2.45, 2.75) is 18.9 Å². The number of ether oxygens (including phenoxy) is 1. The summed E-state index contributed by atoms with van der Waals surface area (Å²) in [6.07, 6.45) is 0.933. The zero-order valence-electron chi connectivity index (χ0n) is 18.6. The van der Waals surface area contributed by atoms with Crippen LogP contribution in [0.4, 0.5) is 4.39 Å². The monoisotopic (exact) mass is 461 g/mol. The number of β-amino-alcohol motifs (C(OH)–C–C–N with tert-alkyl or cyclic N) is 1. The second-order valence-corrected chi connectivity index (χ2v) is 8.59.